The number of nitrogens with zero attached hydrogens (tertiary/aromatic N) is 5. The van der Waals surface area contributed by atoms with E-state index >= 15 is 0 Å². The van der Waals surface area contributed by atoms with Crippen LogP contribution in [0, 0.1) is 6.92 Å². The topological polar surface area (TPSA) is 120 Å². The van der Waals surface area contributed by atoms with E-state index in [-0.39, 0.29) is 11.7 Å². The Kier molecular flexibility index (Phi) is 5.05. The summed E-state index contributed by atoms with van der Waals surface area (Å²) in [6.07, 6.45) is 4.18. The van der Waals surface area contributed by atoms with Gasteiger partial charge in [0.1, 0.15) is 5.52 Å². The fourth-order valence-electron chi connectivity index (χ4n) is 4.78. The fraction of sp³-hybridized carbons (Fsp3) is 0.455. The molecule has 10 nitrogen and oxygen atoms in total. The van der Waals surface area contributed by atoms with Gasteiger partial charge in [-0.1, -0.05) is 6.42 Å². The number of aryl methyl sites for hydroxylation is 3. The molecule has 1 saturated heterocycles. The van der Waals surface area contributed by atoms with Crippen molar-refractivity contribution in [3.8, 4) is 0 Å². The Balaban J connectivity index is 1.55. The Bertz CT molecular complexity index is 1490. The number of hydrogen-bond acceptors (Lipinski definition) is 7. The van der Waals surface area contributed by atoms with Crippen molar-refractivity contribution in [3.05, 3.63) is 44.9 Å². The average molecular weight is 469 g/mol. The second-order valence-corrected chi connectivity index (χ2v) is 13.4. The number of nitrogens with one attached hydrogen (secondary N) is 1. The SMILES string of the molecule is Cc1cc2c(cc1Nc1ncc3c(n1)n(C1CCC[Si](C)(O)CC1)c(=O)n3C)oc(=O)n2C. The lowest BCUT2D eigenvalue weighted by molar-refractivity contribution is 0.446. The number of benzene rings is 1. The highest BCUT2D eigenvalue weighted by Crippen LogP contribution is 2.33. The normalized spacial score (nSPS) is 21.5. The molecule has 4 heterocycles. The predicted molar refractivity (Wildman–Crippen MR) is 129 cm³/mol. The Morgan fingerprint density at radius 2 is 1.94 bits per heavy atom. The first kappa shape index (κ1) is 21.7. The van der Waals surface area contributed by atoms with Gasteiger partial charge in [-0.2, -0.15) is 4.98 Å². The average Bonchev–Trinajstić information content (AvgIpc) is 3.08. The maximum atomic E-state index is 13.1. The molecule has 174 valence electrons. The van der Waals surface area contributed by atoms with E-state index in [4.69, 9.17) is 9.40 Å². The zero-order chi connectivity index (χ0) is 23.5. The van der Waals surface area contributed by atoms with Gasteiger partial charge in [-0.3, -0.25) is 13.7 Å². The summed E-state index contributed by atoms with van der Waals surface area (Å²) in [6, 6.07) is 5.28. The van der Waals surface area contributed by atoms with Crippen LogP contribution in [0.1, 0.15) is 30.9 Å². The van der Waals surface area contributed by atoms with Crippen molar-refractivity contribution in [2.75, 3.05) is 5.32 Å². The Hall–Kier alpha value is -3.18. The van der Waals surface area contributed by atoms with Crippen LogP contribution in [-0.2, 0) is 14.1 Å². The Morgan fingerprint density at radius 1 is 1.15 bits per heavy atom. The lowest BCUT2D eigenvalue weighted by Crippen LogP contribution is -2.29. The van der Waals surface area contributed by atoms with E-state index in [1.54, 1.807) is 35.5 Å². The second kappa shape index (κ2) is 7.70. The second-order valence-electron chi connectivity index (χ2n) is 9.38. The number of imidazole rings is 1. The molecule has 33 heavy (non-hydrogen) atoms. The summed E-state index contributed by atoms with van der Waals surface area (Å²) >= 11 is 0. The van der Waals surface area contributed by atoms with Crippen LogP contribution in [0.4, 0.5) is 11.6 Å². The van der Waals surface area contributed by atoms with E-state index in [9.17, 15) is 14.4 Å². The summed E-state index contributed by atoms with van der Waals surface area (Å²) in [6.45, 7) is 3.93. The van der Waals surface area contributed by atoms with Crippen LogP contribution < -0.4 is 16.8 Å². The molecule has 5 rings (SSSR count). The van der Waals surface area contributed by atoms with Gasteiger partial charge in [-0.15, -0.1) is 0 Å². The molecule has 0 amide bonds. The number of aromatic nitrogens is 5. The molecule has 0 radical (unpaired) electrons. The molecular formula is C22H28N6O4Si. The molecule has 2 N–H and O–H groups in total. The number of anilines is 2. The molecule has 3 aromatic heterocycles. The summed E-state index contributed by atoms with van der Waals surface area (Å²) in [5, 5.41) is 3.22. The predicted octanol–water partition coefficient (Wildman–Crippen LogP) is 2.92. The Labute approximate surface area is 190 Å². The molecule has 0 saturated carbocycles. The highest BCUT2D eigenvalue weighted by Gasteiger charge is 2.31. The van der Waals surface area contributed by atoms with Crippen LogP contribution in [-0.4, -0.2) is 36.8 Å². The summed E-state index contributed by atoms with van der Waals surface area (Å²) in [4.78, 5) is 44.7. The first-order valence-electron chi connectivity index (χ1n) is 11.2. The monoisotopic (exact) mass is 468 g/mol. The number of oxazole rings is 1. The van der Waals surface area contributed by atoms with E-state index in [1.165, 1.54) is 4.57 Å². The first-order chi connectivity index (χ1) is 15.6. The molecule has 4 aromatic rings. The molecule has 1 fully saturated rings. The summed E-state index contributed by atoms with van der Waals surface area (Å²) in [5.74, 6) is -0.0597. The lowest BCUT2D eigenvalue weighted by Gasteiger charge is -2.18. The van der Waals surface area contributed by atoms with Gasteiger partial charge in [0.25, 0.3) is 0 Å². The third-order valence-electron chi connectivity index (χ3n) is 6.85. The number of hydrogen-bond donors (Lipinski definition) is 2. The quantitative estimate of drug-likeness (QED) is 0.444. The van der Waals surface area contributed by atoms with Crippen LogP contribution in [0.15, 0.2) is 32.3 Å². The van der Waals surface area contributed by atoms with E-state index in [0.29, 0.717) is 28.2 Å². The fourth-order valence-corrected chi connectivity index (χ4v) is 6.95. The molecule has 2 unspecified atom stereocenters. The van der Waals surface area contributed by atoms with E-state index in [2.05, 4.69) is 10.3 Å². The molecule has 0 aliphatic carbocycles. The zero-order valence-corrected chi connectivity index (χ0v) is 20.3. The molecule has 0 spiro atoms. The number of fused-ring (bicyclic) bond motifs is 2. The molecule has 1 aliphatic rings. The van der Waals surface area contributed by atoms with Gasteiger partial charge in [0, 0.05) is 31.9 Å². The molecular weight excluding hydrogens is 440 g/mol. The minimum Gasteiger partial charge on any atom is -0.432 e. The van der Waals surface area contributed by atoms with Crippen molar-refractivity contribution in [1.82, 2.24) is 23.7 Å². The third-order valence-corrected chi connectivity index (χ3v) is 9.65. The van der Waals surface area contributed by atoms with Gasteiger partial charge in [0.05, 0.1) is 11.7 Å². The maximum Gasteiger partial charge on any atom is 0.419 e. The molecule has 2 atom stereocenters. The van der Waals surface area contributed by atoms with Crippen molar-refractivity contribution < 1.29 is 9.21 Å². The van der Waals surface area contributed by atoms with Crippen molar-refractivity contribution in [1.29, 1.82) is 0 Å². The largest absolute Gasteiger partial charge is 0.432 e. The minimum absolute atomic E-state index is 0.00195. The van der Waals surface area contributed by atoms with Crippen molar-refractivity contribution >= 4 is 42.2 Å². The summed E-state index contributed by atoms with van der Waals surface area (Å²) in [5.41, 5.74) is 3.94. The summed E-state index contributed by atoms with van der Waals surface area (Å²) < 4.78 is 10.1. The highest BCUT2D eigenvalue weighted by molar-refractivity contribution is 6.71. The van der Waals surface area contributed by atoms with Gasteiger partial charge < -0.3 is 14.5 Å². The molecule has 1 aromatic carbocycles. The summed E-state index contributed by atoms with van der Waals surface area (Å²) in [7, 11) is 1.21. The van der Waals surface area contributed by atoms with Crippen molar-refractivity contribution in [2.45, 2.75) is 50.9 Å². The molecule has 0 bridgehead atoms. The van der Waals surface area contributed by atoms with Gasteiger partial charge in [-0.05, 0) is 50.0 Å². The molecule has 1 aliphatic heterocycles. The Morgan fingerprint density at radius 3 is 2.73 bits per heavy atom. The standard InChI is InChI=1S/C22H28N6O4Si/c1-13-10-16-18(32-22(30)27(16)3)11-15(13)24-20-23-12-17-19(25-20)28(21(29)26(17)2)14-6-5-8-33(4,31)9-7-14/h10-12,14,31H,5-9H2,1-4H3,(H,23,24,25). The zero-order valence-electron chi connectivity index (χ0n) is 19.3. The van der Waals surface area contributed by atoms with Crippen LogP contribution in [0.5, 0.6) is 0 Å². The van der Waals surface area contributed by atoms with Crippen LogP contribution >= 0.6 is 0 Å². The highest BCUT2D eigenvalue weighted by atomic mass is 28.4. The van der Waals surface area contributed by atoms with Crippen LogP contribution in [0.3, 0.4) is 0 Å². The van der Waals surface area contributed by atoms with Gasteiger partial charge >= 0.3 is 11.4 Å². The molecule has 11 heteroatoms. The van der Waals surface area contributed by atoms with E-state index in [1.807, 2.05) is 19.5 Å². The lowest BCUT2D eigenvalue weighted by atomic mass is 10.1. The van der Waals surface area contributed by atoms with E-state index < -0.39 is 14.1 Å². The van der Waals surface area contributed by atoms with Crippen molar-refractivity contribution in [2.24, 2.45) is 14.1 Å². The van der Waals surface area contributed by atoms with Gasteiger partial charge in [0.15, 0.2) is 19.5 Å². The van der Waals surface area contributed by atoms with Crippen LogP contribution in [0.25, 0.3) is 22.3 Å². The maximum absolute atomic E-state index is 13.1. The van der Waals surface area contributed by atoms with Gasteiger partial charge in [0.2, 0.25) is 5.95 Å². The first-order valence-corrected chi connectivity index (χ1v) is 14.0. The van der Waals surface area contributed by atoms with Crippen LogP contribution in [0.2, 0.25) is 18.6 Å². The smallest absolute Gasteiger partial charge is 0.419 e. The number of rotatable bonds is 3. The van der Waals surface area contributed by atoms with Gasteiger partial charge in [-0.25, -0.2) is 14.6 Å². The third kappa shape index (κ3) is 3.70. The minimum atomic E-state index is -2.19. The van der Waals surface area contributed by atoms with Crippen molar-refractivity contribution in [3.63, 3.8) is 0 Å². The van der Waals surface area contributed by atoms with E-state index in [0.717, 1.165) is 42.6 Å².